The number of hydrogen-bond donors (Lipinski definition) is 1. The third-order valence-corrected chi connectivity index (χ3v) is 4.51. The molecule has 0 aromatic heterocycles. The van der Waals surface area contributed by atoms with Gasteiger partial charge in [0.2, 0.25) is 0 Å². The van der Waals surface area contributed by atoms with Crippen LogP contribution in [0, 0.1) is 11.7 Å². The smallest absolute Gasteiger partial charge is 0.193 e. The van der Waals surface area contributed by atoms with Gasteiger partial charge in [0.05, 0.1) is 6.61 Å². The number of rotatable bonds is 8. The summed E-state index contributed by atoms with van der Waals surface area (Å²) in [5.41, 5.74) is 0.981. The molecular formula is C19H31FIN3O. The summed E-state index contributed by atoms with van der Waals surface area (Å²) in [4.78, 5) is 6.42. The van der Waals surface area contributed by atoms with Gasteiger partial charge in [-0.05, 0) is 36.5 Å². The highest BCUT2D eigenvalue weighted by Gasteiger charge is 2.22. The SMILES string of the molecule is CN=C(NCC(C)(C)c1ccc(F)cc1)N(C)CCOCC1CC1.I. The second kappa shape index (κ2) is 10.3. The Hall–Kier alpha value is -0.890. The number of guanidine groups is 1. The van der Waals surface area contributed by atoms with E-state index in [1.807, 2.05) is 19.2 Å². The highest BCUT2D eigenvalue weighted by atomic mass is 127. The van der Waals surface area contributed by atoms with Crippen LogP contribution in [0.25, 0.3) is 0 Å². The number of likely N-dealkylation sites (N-methyl/N-ethyl adjacent to an activating group) is 1. The topological polar surface area (TPSA) is 36.9 Å². The van der Waals surface area contributed by atoms with Gasteiger partial charge in [0.25, 0.3) is 0 Å². The van der Waals surface area contributed by atoms with Crippen LogP contribution in [0.15, 0.2) is 29.3 Å². The minimum atomic E-state index is -0.204. The van der Waals surface area contributed by atoms with E-state index in [9.17, 15) is 4.39 Å². The highest BCUT2D eigenvalue weighted by molar-refractivity contribution is 14.0. The molecule has 1 N–H and O–H groups in total. The van der Waals surface area contributed by atoms with Crippen LogP contribution in [0.1, 0.15) is 32.3 Å². The van der Waals surface area contributed by atoms with Crippen molar-refractivity contribution in [2.45, 2.75) is 32.1 Å². The number of hydrogen-bond acceptors (Lipinski definition) is 2. The van der Waals surface area contributed by atoms with Gasteiger partial charge in [-0.25, -0.2) is 4.39 Å². The molecule has 6 heteroatoms. The first-order valence-corrected chi connectivity index (χ1v) is 8.68. The lowest BCUT2D eigenvalue weighted by molar-refractivity contribution is 0.115. The maximum absolute atomic E-state index is 13.1. The summed E-state index contributed by atoms with van der Waals surface area (Å²) in [5, 5.41) is 3.41. The van der Waals surface area contributed by atoms with E-state index in [1.54, 1.807) is 7.05 Å². The van der Waals surface area contributed by atoms with Crippen LogP contribution in [-0.4, -0.2) is 51.3 Å². The van der Waals surface area contributed by atoms with Crippen molar-refractivity contribution in [2.75, 3.05) is 40.4 Å². The minimum Gasteiger partial charge on any atom is -0.379 e. The molecule has 1 aliphatic rings. The fourth-order valence-electron chi connectivity index (χ4n) is 2.53. The number of ether oxygens (including phenoxy) is 1. The first-order valence-electron chi connectivity index (χ1n) is 8.68. The van der Waals surface area contributed by atoms with Crippen LogP contribution in [-0.2, 0) is 10.2 Å². The Kier molecular flexibility index (Phi) is 9.13. The zero-order valence-electron chi connectivity index (χ0n) is 15.7. The van der Waals surface area contributed by atoms with Gasteiger partial charge in [-0.15, -0.1) is 24.0 Å². The van der Waals surface area contributed by atoms with Crippen LogP contribution in [0.5, 0.6) is 0 Å². The van der Waals surface area contributed by atoms with Crippen molar-refractivity contribution in [1.29, 1.82) is 0 Å². The second-order valence-electron chi connectivity index (χ2n) is 7.23. The maximum Gasteiger partial charge on any atom is 0.193 e. The Bertz CT molecular complexity index is 544. The quantitative estimate of drug-likeness (QED) is 0.277. The van der Waals surface area contributed by atoms with E-state index in [1.165, 1.54) is 25.0 Å². The van der Waals surface area contributed by atoms with Gasteiger partial charge in [0, 0.05) is 39.2 Å². The summed E-state index contributed by atoms with van der Waals surface area (Å²) in [6, 6.07) is 6.70. The van der Waals surface area contributed by atoms with Crippen molar-refractivity contribution in [1.82, 2.24) is 10.2 Å². The number of nitrogens with one attached hydrogen (secondary N) is 1. The Balaban J connectivity index is 0.00000312. The predicted octanol–water partition coefficient (Wildman–Crippen LogP) is 3.66. The summed E-state index contributed by atoms with van der Waals surface area (Å²) in [7, 11) is 3.80. The lowest BCUT2D eigenvalue weighted by atomic mass is 9.84. The molecule has 4 nitrogen and oxygen atoms in total. The number of benzene rings is 1. The molecule has 1 aromatic carbocycles. The van der Waals surface area contributed by atoms with Crippen molar-refractivity contribution >= 4 is 29.9 Å². The standard InChI is InChI=1S/C19H30FN3O.HI/c1-19(2,16-7-9-17(20)10-8-16)14-22-18(21-3)23(4)11-12-24-13-15-5-6-15;/h7-10,15H,5-6,11-14H2,1-4H3,(H,21,22);1H. The molecule has 2 rings (SSSR count). The van der Waals surface area contributed by atoms with Crippen molar-refractivity contribution in [2.24, 2.45) is 10.9 Å². The fourth-order valence-corrected chi connectivity index (χ4v) is 2.53. The van der Waals surface area contributed by atoms with Crippen LogP contribution in [0.2, 0.25) is 0 Å². The summed E-state index contributed by atoms with van der Waals surface area (Å²) >= 11 is 0. The van der Waals surface area contributed by atoms with E-state index in [4.69, 9.17) is 4.74 Å². The van der Waals surface area contributed by atoms with E-state index in [2.05, 4.69) is 29.1 Å². The van der Waals surface area contributed by atoms with Crippen molar-refractivity contribution < 1.29 is 9.13 Å². The van der Waals surface area contributed by atoms with Crippen LogP contribution in [0.3, 0.4) is 0 Å². The third kappa shape index (κ3) is 7.48. The van der Waals surface area contributed by atoms with E-state index >= 15 is 0 Å². The molecule has 142 valence electrons. The van der Waals surface area contributed by atoms with Gasteiger partial charge in [0.1, 0.15) is 5.82 Å². The van der Waals surface area contributed by atoms with E-state index in [-0.39, 0.29) is 35.2 Å². The van der Waals surface area contributed by atoms with Gasteiger partial charge in [0.15, 0.2) is 5.96 Å². The largest absolute Gasteiger partial charge is 0.379 e. The Labute approximate surface area is 168 Å². The molecule has 1 aromatic rings. The molecule has 0 unspecified atom stereocenters. The van der Waals surface area contributed by atoms with Gasteiger partial charge >= 0.3 is 0 Å². The number of halogens is 2. The number of nitrogens with zero attached hydrogens (tertiary/aromatic N) is 2. The molecule has 25 heavy (non-hydrogen) atoms. The summed E-state index contributed by atoms with van der Waals surface area (Å²) in [5.74, 6) is 1.44. The molecule has 0 saturated heterocycles. The first kappa shape index (κ1) is 22.2. The summed E-state index contributed by atoms with van der Waals surface area (Å²) in [6.45, 7) is 7.41. The normalized spacial score (nSPS) is 14.8. The van der Waals surface area contributed by atoms with Crippen LogP contribution >= 0.6 is 24.0 Å². The van der Waals surface area contributed by atoms with Gasteiger partial charge in [-0.3, -0.25) is 4.99 Å². The van der Waals surface area contributed by atoms with Gasteiger partial charge in [-0.1, -0.05) is 26.0 Å². The maximum atomic E-state index is 13.1. The van der Waals surface area contributed by atoms with E-state index < -0.39 is 0 Å². The average molecular weight is 463 g/mol. The average Bonchev–Trinajstić information content (AvgIpc) is 3.37. The Morgan fingerprint density at radius 2 is 1.96 bits per heavy atom. The summed E-state index contributed by atoms with van der Waals surface area (Å²) in [6.07, 6.45) is 2.63. The monoisotopic (exact) mass is 463 g/mol. The fraction of sp³-hybridized carbons (Fsp3) is 0.632. The van der Waals surface area contributed by atoms with Crippen LogP contribution < -0.4 is 5.32 Å². The Morgan fingerprint density at radius 3 is 2.52 bits per heavy atom. The van der Waals surface area contributed by atoms with Gasteiger partial charge < -0.3 is 15.0 Å². The molecule has 0 radical (unpaired) electrons. The zero-order valence-corrected chi connectivity index (χ0v) is 18.0. The lowest BCUT2D eigenvalue weighted by Crippen LogP contribution is -2.45. The van der Waals surface area contributed by atoms with Crippen molar-refractivity contribution in [3.05, 3.63) is 35.6 Å². The molecule has 0 atom stereocenters. The number of aliphatic imine (C=N–C) groups is 1. The molecule has 0 heterocycles. The zero-order chi connectivity index (χ0) is 17.6. The van der Waals surface area contributed by atoms with E-state index in [0.717, 1.165) is 43.7 Å². The van der Waals surface area contributed by atoms with Gasteiger partial charge in [-0.2, -0.15) is 0 Å². The van der Waals surface area contributed by atoms with Crippen molar-refractivity contribution in [3.63, 3.8) is 0 Å². The molecule has 1 saturated carbocycles. The van der Waals surface area contributed by atoms with E-state index in [0.29, 0.717) is 0 Å². The first-order chi connectivity index (χ1) is 11.4. The molecule has 1 fully saturated rings. The third-order valence-electron chi connectivity index (χ3n) is 4.51. The molecule has 0 aliphatic heterocycles. The molecular weight excluding hydrogens is 432 g/mol. The lowest BCUT2D eigenvalue weighted by Gasteiger charge is -2.29. The molecule has 0 bridgehead atoms. The van der Waals surface area contributed by atoms with Crippen molar-refractivity contribution in [3.8, 4) is 0 Å². The minimum absolute atomic E-state index is 0. The molecule has 1 aliphatic carbocycles. The predicted molar refractivity (Wildman–Crippen MR) is 112 cm³/mol. The molecule has 0 amide bonds. The molecule has 0 spiro atoms. The Morgan fingerprint density at radius 1 is 1.32 bits per heavy atom. The highest BCUT2D eigenvalue weighted by Crippen LogP contribution is 2.28. The summed E-state index contributed by atoms with van der Waals surface area (Å²) < 4.78 is 18.8. The van der Waals surface area contributed by atoms with Crippen LogP contribution in [0.4, 0.5) is 4.39 Å². The second-order valence-corrected chi connectivity index (χ2v) is 7.23.